The number of carbonyl (C=O) groups is 2. The average molecular weight is 461 g/mol. The summed E-state index contributed by atoms with van der Waals surface area (Å²) in [5.74, 6) is -0.314. The predicted octanol–water partition coefficient (Wildman–Crippen LogP) is 3.03. The molecule has 5 rings (SSSR count). The van der Waals surface area contributed by atoms with Crippen LogP contribution in [0.2, 0.25) is 0 Å². The van der Waals surface area contributed by atoms with Gasteiger partial charge in [0.25, 0.3) is 12.4 Å². The van der Waals surface area contributed by atoms with Crippen molar-refractivity contribution in [2.75, 3.05) is 12.4 Å². The first-order valence-electron chi connectivity index (χ1n) is 10.5. The van der Waals surface area contributed by atoms with Crippen LogP contribution in [0.1, 0.15) is 29.4 Å². The molecule has 3 N–H and O–H groups in total. The van der Waals surface area contributed by atoms with Gasteiger partial charge in [0.15, 0.2) is 0 Å². The van der Waals surface area contributed by atoms with Crippen LogP contribution >= 0.6 is 0 Å². The van der Waals surface area contributed by atoms with Gasteiger partial charge in [-0.05, 0) is 37.1 Å². The van der Waals surface area contributed by atoms with Gasteiger partial charge in [-0.1, -0.05) is 12.1 Å². The normalized spacial score (nSPS) is 16.6. The molecule has 0 spiro atoms. The van der Waals surface area contributed by atoms with Crippen LogP contribution in [0.5, 0.6) is 0 Å². The molecule has 4 aromatic heterocycles. The van der Waals surface area contributed by atoms with Gasteiger partial charge in [-0.25, -0.2) is 4.98 Å². The summed E-state index contributed by atoms with van der Waals surface area (Å²) in [6.45, 7) is -0.250. The molecule has 1 amide bonds. The molecule has 4 aromatic rings. The molecule has 4 heterocycles. The molecule has 11 nitrogen and oxygen atoms in total. The van der Waals surface area contributed by atoms with Gasteiger partial charge in [-0.2, -0.15) is 10.2 Å². The molecular formula is C23H23N7O4. The number of pyridine rings is 2. The molecule has 1 saturated carbocycles. The fourth-order valence-corrected chi connectivity index (χ4v) is 3.61. The number of methoxy groups -OCH3 is 1. The molecule has 34 heavy (non-hydrogen) atoms. The summed E-state index contributed by atoms with van der Waals surface area (Å²) in [5, 5.41) is 21.3. The lowest BCUT2D eigenvalue weighted by atomic mass is 9.89. The minimum atomic E-state index is -0.314. The van der Waals surface area contributed by atoms with Crippen LogP contribution in [0, 0.1) is 0 Å². The molecule has 174 valence electrons. The molecular weight excluding hydrogens is 438 g/mol. The fourth-order valence-electron chi connectivity index (χ4n) is 3.61. The second-order valence-corrected chi connectivity index (χ2v) is 7.52. The lowest BCUT2D eigenvalue weighted by Gasteiger charge is -2.34. The number of carbonyl (C=O) groups excluding carboxylic acids is 1. The van der Waals surface area contributed by atoms with Crippen molar-refractivity contribution < 1.29 is 19.4 Å². The molecule has 0 bridgehead atoms. The number of H-pyrrole nitrogens is 1. The summed E-state index contributed by atoms with van der Waals surface area (Å²) in [6, 6.07) is 11.2. The largest absolute Gasteiger partial charge is 0.483 e. The molecule has 0 atom stereocenters. The van der Waals surface area contributed by atoms with Crippen molar-refractivity contribution in [3.63, 3.8) is 0 Å². The lowest BCUT2D eigenvalue weighted by molar-refractivity contribution is -0.122. The summed E-state index contributed by atoms with van der Waals surface area (Å²) in [6.07, 6.45) is 9.00. The maximum absolute atomic E-state index is 13.0. The zero-order chi connectivity index (χ0) is 23.9. The van der Waals surface area contributed by atoms with Crippen LogP contribution in [-0.4, -0.2) is 60.6 Å². The summed E-state index contributed by atoms with van der Waals surface area (Å²) in [4.78, 5) is 30.2. The minimum absolute atomic E-state index is 0.237. The van der Waals surface area contributed by atoms with E-state index in [0.29, 0.717) is 28.5 Å². The second-order valence-electron chi connectivity index (χ2n) is 7.52. The Morgan fingerprint density at radius 2 is 2.03 bits per heavy atom. The molecule has 0 unspecified atom stereocenters. The van der Waals surface area contributed by atoms with Crippen LogP contribution < -0.4 is 5.32 Å². The van der Waals surface area contributed by atoms with E-state index in [4.69, 9.17) is 19.7 Å². The number of nitrogens with one attached hydrogen (secondary N) is 2. The Balaban J connectivity index is 0.000000868. The molecule has 0 radical (unpaired) electrons. The van der Waals surface area contributed by atoms with Gasteiger partial charge in [-0.15, -0.1) is 0 Å². The Kier molecular flexibility index (Phi) is 7.04. The zero-order valence-corrected chi connectivity index (χ0v) is 18.3. The monoisotopic (exact) mass is 461 g/mol. The van der Waals surface area contributed by atoms with Crippen molar-refractivity contribution in [3.05, 3.63) is 66.9 Å². The Hall–Kier alpha value is -4.38. The van der Waals surface area contributed by atoms with E-state index in [1.54, 1.807) is 37.8 Å². The van der Waals surface area contributed by atoms with E-state index in [1.807, 2.05) is 35.1 Å². The quantitative estimate of drug-likeness (QED) is 0.371. The summed E-state index contributed by atoms with van der Waals surface area (Å²) in [7, 11) is 1.72. The SMILES string of the molecule is COC1CC(n2cc(NC(=O)c3cccc(-c4cn[nH]c4)n3)c(-c3ccccn3)n2)C1.O=CO. The van der Waals surface area contributed by atoms with E-state index in [-0.39, 0.29) is 24.5 Å². The number of amides is 1. The first-order valence-corrected chi connectivity index (χ1v) is 10.5. The number of nitrogens with zero attached hydrogens (tertiary/aromatic N) is 5. The van der Waals surface area contributed by atoms with Gasteiger partial charge >= 0.3 is 0 Å². The van der Waals surface area contributed by atoms with Crippen molar-refractivity contribution in [2.24, 2.45) is 0 Å². The number of aromatic nitrogens is 6. The van der Waals surface area contributed by atoms with E-state index in [2.05, 4.69) is 25.5 Å². The number of hydrogen-bond acceptors (Lipinski definition) is 7. The van der Waals surface area contributed by atoms with Gasteiger partial charge < -0.3 is 15.2 Å². The fraction of sp³-hybridized carbons (Fsp3) is 0.217. The number of ether oxygens (including phenoxy) is 1. The maximum atomic E-state index is 13.0. The first kappa shape index (κ1) is 22.8. The average Bonchev–Trinajstić information content (AvgIpc) is 3.50. The molecule has 1 aliphatic rings. The highest BCUT2D eigenvalue weighted by Crippen LogP contribution is 2.36. The van der Waals surface area contributed by atoms with E-state index in [9.17, 15) is 4.79 Å². The summed E-state index contributed by atoms with van der Waals surface area (Å²) < 4.78 is 7.28. The highest BCUT2D eigenvalue weighted by molar-refractivity contribution is 6.04. The zero-order valence-electron chi connectivity index (χ0n) is 18.3. The van der Waals surface area contributed by atoms with E-state index >= 15 is 0 Å². The third-order valence-electron chi connectivity index (χ3n) is 5.44. The van der Waals surface area contributed by atoms with Gasteiger partial charge in [0, 0.05) is 31.3 Å². The van der Waals surface area contributed by atoms with Crippen LogP contribution in [0.25, 0.3) is 22.6 Å². The van der Waals surface area contributed by atoms with Crippen LogP contribution in [0.3, 0.4) is 0 Å². The number of carboxylic acid groups (broad SMARTS) is 1. The molecule has 0 saturated heterocycles. The van der Waals surface area contributed by atoms with Gasteiger partial charge in [-0.3, -0.25) is 24.4 Å². The molecule has 1 fully saturated rings. The topological polar surface area (TPSA) is 148 Å². The lowest BCUT2D eigenvalue weighted by Crippen LogP contribution is -2.32. The third kappa shape index (κ3) is 4.99. The molecule has 0 aromatic carbocycles. The highest BCUT2D eigenvalue weighted by atomic mass is 16.5. The van der Waals surface area contributed by atoms with Crippen molar-refractivity contribution >= 4 is 18.1 Å². The first-order chi connectivity index (χ1) is 16.6. The Morgan fingerprint density at radius 1 is 1.24 bits per heavy atom. The van der Waals surface area contributed by atoms with Crippen molar-refractivity contribution in [1.29, 1.82) is 0 Å². The smallest absolute Gasteiger partial charge is 0.290 e. The minimum Gasteiger partial charge on any atom is -0.483 e. The van der Waals surface area contributed by atoms with Crippen LogP contribution in [0.4, 0.5) is 5.69 Å². The van der Waals surface area contributed by atoms with Gasteiger partial charge in [0.05, 0.1) is 35.4 Å². The second kappa shape index (κ2) is 10.5. The number of aromatic amines is 1. The van der Waals surface area contributed by atoms with Crippen molar-refractivity contribution in [2.45, 2.75) is 25.0 Å². The van der Waals surface area contributed by atoms with Crippen LogP contribution in [0.15, 0.2) is 61.2 Å². The van der Waals surface area contributed by atoms with Crippen LogP contribution in [-0.2, 0) is 9.53 Å². The van der Waals surface area contributed by atoms with E-state index in [0.717, 1.165) is 18.4 Å². The van der Waals surface area contributed by atoms with Crippen molar-refractivity contribution in [1.82, 2.24) is 29.9 Å². The van der Waals surface area contributed by atoms with Gasteiger partial charge in [0.1, 0.15) is 11.4 Å². The Morgan fingerprint density at radius 3 is 2.71 bits per heavy atom. The molecule has 1 aliphatic carbocycles. The highest BCUT2D eigenvalue weighted by Gasteiger charge is 2.32. The number of hydrogen-bond donors (Lipinski definition) is 3. The molecule has 11 heteroatoms. The predicted molar refractivity (Wildman–Crippen MR) is 123 cm³/mol. The molecule has 0 aliphatic heterocycles. The summed E-state index contributed by atoms with van der Waals surface area (Å²) in [5.41, 5.74) is 3.71. The van der Waals surface area contributed by atoms with E-state index in [1.165, 1.54) is 0 Å². The van der Waals surface area contributed by atoms with Crippen molar-refractivity contribution in [3.8, 4) is 22.6 Å². The Bertz CT molecular complexity index is 1240. The summed E-state index contributed by atoms with van der Waals surface area (Å²) >= 11 is 0. The third-order valence-corrected chi connectivity index (χ3v) is 5.44. The maximum Gasteiger partial charge on any atom is 0.290 e. The van der Waals surface area contributed by atoms with Gasteiger partial charge in [0.2, 0.25) is 0 Å². The number of anilines is 1. The standard InChI is InChI=1S/C22H21N7O2.CH2O2/c1-31-16-9-15(10-16)29-13-20(21(28-29)18-5-2-3-8-23-18)27-22(30)19-7-4-6-17(26-19)14-11-24-25-12-14;2-1-3/h2-8,11-13,15-16H,9-10H2,1H3,(H,24,25)(H,27,30);1H,(H,2,3). The van der Waals surface area contributed by atoms with E-state index < -0.39 is 0 Å². The Labute approximate surface area is 194 Å². The number of rotatable bonds is 6.